The van der Waals surface area contributed by atoms with Crippen LogP contribution in [0, 0.1) is 0 Å². The van der Waals surface area contributed by atoms with Crippen LogP contribution in [0.2, 0.25) is 0 Å². The molecular formula is C7H11F3N2O2. The summed E-state index contributed by atoms with van der Waals surface area (Å²) in [5.41, 5.74) is 0. The number of rotatable bonds is 1. The van der Waals surface area contributed by atoms with E-state index in [0.717, 1.165) is 4.90 Å². The van der Waals surface area contributed by atoms with Gasteiger partial charge in [0, 0.05) is 19.6 Å². The number of hydrogen-bond acceptors (Lipinski definition) is 2. The van der Waals surface area contributed by atoms with Crippen molar-refractivity contribution in [3.05, 3.63) is 0 Å². The van der Waals surface area contributed by atoms with Gasteiger partial charge in [-0.05, 0) is 0 Å². The largest absolute Gasteiger partial charge is 0.465 e. The van der Waals surface area contributed by atoms with Crippen LogP contribution in [0.4, 0.5) is 18.0 Å². The lowest BCUT2D eigenvalue weighted by atomic mass is 10.1. The second kappa shape index (κ2) is 4.04. The van der Waals surface area contributed by atoms with Gasteiger partial charge in [-0.1, -0.05) is 0 Å². The second-order valence-corrected chi connectivity index (χ2v) is 3.15. The standard InChI is InChI=1S/C7H11F3N2O2/c8-7(9,10)3-5-4-11-1-2-12(5)6(13)14/h5,11H,1-4H2,(H,13,14). The Labute approximate surface area is 78.7 Å². The molecule has 1 fully saturated rings. The number of nitrogens with one attached hydrogen (secondary N) is 1. The molecule has 0 bridgehead atoms. The number of amides is 1. The van der Waals surface area contributed by atoms with Gasteiger partial charge in [0.05, 0.1) is 12.5 Å². The van der Waals surface area contributed by atoms with E-state index in [9.17, 15) is 18.0 Å². The van der Waals surface area contributed by atoms with Crippen molar-refractivity contribution in [2.24, 2.45) is 0 Å². The van der Waals surface area contributed by atoms with E-state index in [-0.39, 0.29) is 13.1 Å². The third-order valence-corrected chi connectivity index (χ3v) is 2.06. The fraction of sp³-hybridized carbons (Fsp3) is 0.857. The van der Waals surface area contributed by atoms with Crippen LogP contribution in [-0.2, 0) is 0 Å². The molecule has 1 amide bonds. The third kappa shape index (κ3) is 3.06. The summed E-state index contributed by atoms with van der Waals surface area (Å²) < 4.78 is 36.1. The summed E-state index contributed by atoms with van der Waals surface area (Å²) in [6, 6.07) is -0.999. The van der Waals surface area contributed by atoms with Crippen molar-refractivity contribution in [2.75, 3.05) is 19.6 Å². The molecule has 1 aliphatic heterocycles. The lowest BCUT2D eigenvalue weighted by Gasteiger charge is -2.34. The first kappa shape index (κ1) is 11.1. The van der Waals surface area contributed by atoms with Crippen LogP contribution in [0.3, 0.4) is 0 Å². The van der Waals surface area contributed by atoms with Crippen molar-refractivity contribution >= 4 is 6.09 Å². The highest BCUT2D eigenvalue weighted by molar-refractivity contribution is 5.65. The van der Waals surface area contributed by atoms with Crippen molar-refractivity contribution in [1.82, 2.24) is 10.2 Å². The average Bonchev–Trinajstić information content (AvgIpc) is 2.01. The van der Waals surface area contributed by atoms with Gasteiger partial charge in [0.25, 0.3) is 0 Å². The first-order valence-electron chi connectivity index (χ1n) is 4.17. The molecular weight excluding hydrogens is 201 g/mol. The molecule has 1 rings (SSSR count). The number of hydrogen-bond donors (Lipinski definition) is 2. The number of halogens is 3. The van der Waals surface area contributed by atoms with Crippen LogP contribution in [0.1, 0.15) is 6.42 Å². The molecule has 0 aromatic rings. The highest BCUT2D eigenvalue weighted by Gasteiger charge is 2.37. The maximum absolute atomic E-state index is 12.0. The van der Waals surface area contributed by atoms with Gasteiger partial charge >= 0.3 is 12.3 Å². The molecule has 14 heavy (non-hydrogen) atoms. The molecule has 0 aromatic heterocycles. The monoisotopic (exact) mass is 212 g/mol. The van der Waals surface area contributed by atoms with Gasteiger partial charge in [-0.25, -0.2) is 4.79 Å². The maximum Gasteiger partial charge on any atom is 0.407 e. The van der Waals surface area contributed by atoms with Gasteiger partial charge in [-0.3, -0.25) is 0 Å². The summed E-state index contributed by atoms with van der Waals surface area (Å²) in [4.78, 5) is 11.4. The maximum atomic E-state index is 12.0. The van der Waals surface area contributed by atoms with E-state index in [1.807, 2.05) is 0 Å². The number of alkyl halides is 3. The van der Waals surface area contributed by atoms with E-state index in [4.69, 9.17) is 5.11 Å². The Morgan fingerprint density at radius 1 is 1.57 bits per heavy atom. The van der Waals surface area contributed by atoms with Crippen LogP contribution >= 0.6 is 0 Å². The summed E-state index contributed by atoms with van der Waals surface area (Å²) in [7, 11) is 0. The number of piperazine rings is 1. The zero-order valence-corrected chi connectivity index (χ0v) is 7.34. The van der Waals surface area contributed by atoms with Crippen LogP contribution in [0.15, 0.2) is 0 Å². The lowest BCUT2D eigenvalue weighted by molar-refractivity contribution is -0.146. The Balaban J connectivity index is 2.59. The van der Waals surface area contributed by atoms with E-state index >= 15 is 0 Å². The normalized spacial score (nSPS) is 23.6. The Kier molecular flexibility index (Phi) is 3.20. The van der Waals surface area contributed by atoms with E-state index < -0.39 is 24.7 Å². The zero-order valence-electron chi connectivity index (χ0n) is 7.34. The molecule has 1 heterocycles. The molecule has 82 valence electrons. The van der Waals surface area contributed by atoms with Crippen LogP contribution in [0.5, 0.6) is 0 Å². The molecule has 1 unspecified atom stereocenters. The van der Waals surface area contributed by atoms with E-state index in [0.29, 0.717) is 6.54 Å². The van der Waals surface area contributed by atoms with Gasteiger partial charge in [0.15, 0.2) is 0 Å². The first-order chi connectivity index (χ1) is 6.40. The molecule has 4 nitrogen and oxygen atoms in total. The summed E-state index contributed by atoms with van der Waals surface area (Å²) in [5.74, 6) is 0. The van der Waals surface area contributed by atoms with Gasteiger partial charge in [-0.15, -0.1) is 0 Å². The molecule has 7 heteroatoms. The quantitative estimate of drug-likeness (QED) is 0.678. The molecule has 1 atom stereocenters. The Bertz CT molecular complexity index is 219. The van der Waals surface area contributed by atoms with E-state index in [1.54, 1.807) is 0 Å². The molecule has 0 spiro atoms. The molecule has 1 saturated heterocycles. The Morgan fingerprint density at radius 3 is 2.71 bits per heavy atom. The minimum absolute atomic E-state index is 0.0613. The van der Waals surface area contributed by atoms with Crippen molar-refractivity contribution in [3.8, 4) is 0 Å². The second-order valence-electron chi connectivity index (χ2n) is 3.15. The third-order valence-electron chi connectivity index (χ3n) is 2.06. The van der Waals surface area contributed by atoms with Gasteiger partial charge in [0.2, 0.25) is 0 Å². The van der Waals surface area contributed by atoms with E-state index in [2.05, 4.69) is 5.32 Å². The molecule has 1 aliphatic rings. The lowest BCUT2D eigenvalue weighted by Crippen LogP contribution is -2.54. The minimum Gasteiger partial charge on any atom is -0.465 e. The Morgan fingerprint density at radius 2 is 2.21 bits per heavy atom. The van der Waals surface area contributed by atoms with Crippen molar-refractivity contribution in [2.45, 2.75) is 18.6 Å². The fourth-order valence-corrected chi connectivity index (χ4v) is 1.46. The topological polar surface area (TPSA) is 52.6 Å². The summed E-state index contributed by atoms with van der Waals surface area (Å²) in [6.07, 6.45) is -6.70. The summed E-state index contributed by atoms with van der Waals surface area (Å²) in [5, 5.41) is 11.4. The smallest absolute Gasteiger partial charge is 0.407 e. The summed E-state index contributed by atoms with van der Waals surface area (Å²) >= 11 is 0. The highest BCUT2D eigenvalue weighted by Crippen LogP contribution is 2.24. The fourth-order valence-electron chi connectivity index (χ4n) is 1.46. The number of nitrogens with zero attached hydrogens (tertiary/aromatic N) is 1. The van der Waals surface area contributed by atoms with Crippen LogP contribution in [-0.4, -0.2) is 48.0 Å². The molecule has 2 N–H and O–H groups in total. The Hall–Kier alpha value is -0.980. The molecule has 0 radical (unpaired) electrons. The van der Waals surface area contributed by atoms with Crippen molar-refractivity contribution in [1.29, 1.82) is 0 Å². The number of carbonyl (C=O) groups is 1. The SMILES string of the molecule is O=C(O)N1CCNCC1CC(F)(F)F. The minimum atomic E-state index is -4.32. The van der Waals surface area contributed by atoms with Crippen molar-refractivity contribution < 1.29 is 23.1 Å². The van der Waals surface area contributed by atoms with Gasteiger partial charge < -0.3 is 15.3 Å². The number of carboxylic acid groups (broad SMARTS) is 1. The predicted molar refractivity (Wildman–Crippen MR) is 42.1 cm³/mol. The van der Waals surface area contributed by atoms with Gasteiger partial charge in [0.1, 0.15) is 0 Å². The van der Waals surface area contributed by atoms with E-state index in [1.165, 1.54) is 0 Å². The molecule has 0 aromatic carbocycles. The summed E-state index contributed by atoms with van der Waals surface area (Å²) in [6.45, 7) is 0.572. The molecule has 0 aliphatic carbocycles. The van der Waals surface area contributed by atoms with Crippen LogP contribution in [0.25, 0.3) is 0 Å². The van der Waals surface area contributed by atoms with Gasteiger partial charge in [-0.2, -0.15) is 13.2 Å². The van der Waals surface area contributed by atoms with Crippen LogP contribution < -0.4 is 5.32 Å². The highest BCUT2D eigenvalue weighted by atomic mass is 19.4. The predicted octanol–water partition coefficient (Wildman–Crippen LogP) is 0.891. The van der Waals surface area contributed by atoms with Crippen molar-refractivity contribution in [3.63, 3.8) is 0 Å². The molecule has 0 saturated carbocycles. The zero-order chi connectivity index (χ0) is 10.8. The average molecular weight is 212 g/mol. The first-order valence-corrected chi connectivity index (χ1v) is 4.17.